The van der Waals surface area contributed by atoms with E-state index < -0.39 is 0 Å². The Bertz CT molecular complexity index is 4580. The number of thiophene rings is 1. The van der Waals surface area contributed by atoms with Crippen molar-refractivity contribution in [3.05, 3.63) is 267 Å². The molecule has 0 radical (unpaired) electrons. The Morgan fingerprint density at radius 3 is 0.959 bits per heavy atom. The Morgan fingerprint density at radius 2 is 0.507 bits per heavy atom. The van der Waals surface area contributed by atoms with Crippen LogP contribution in [0.2, 0.25) is 0 Å². The van der Waals surface area contributed by atoms with E-state index in [1.165, 1.54) is 152 Å². The topological polar surface area (TPSA) is 0 Å². The van der Waals surface area contributed by atoms with E-state index in [0.29, 0.717) is 0 Å². The minimum atomic E-state index is 1.22. The lowest BCUT2D eigenvalue weighted by Gasteiger charge is -2.18. The summed E-state index contributed by atoms with van der Waals surface area (Å²) < 4.78 is 2.60. The van der Waals surface area contributed by atoms with Crippen molar-refractivity contribution < 1.29 is 0 Å². The smallest absolute Gasteiger partial charge is 0.0434 e. The van der Waals surface area contributed by atoms with Crippen molar-refractivity contribution >= 4 is 96.1 Å². The molecule has 338 valence electrons. The standard InChI is InChI=1S/C72H44S/c1-3-20-52-45(16-1)18-13-30-54(52)47-34-38-49(39-35-47)68-57-22-5-7-24-59(57)70(60-25-8-6-23-58(60)68)51-42-43-56-65-32-15-33-66(72(65)73-67(56)44-51)71-63-28-11-9-26-61(63)69(62-27-10-12-29-64(62)71)50-40-36-48(37-41-50)55-31-14-19-46-17-2-4-21-53(46)55/h1-44H. The van der Waals surface area contributed by atoms with Crippen LogP contribution in [0.5, 0.6) is 0 Å². The Balaban J connectivity index is 0.869. The quantitative estimate of drug-likeness (QED) is 0.146. The molecule has 0 saturated carbocycles. The molecule has 1 heteroatoms. The normalized spacial score (nSPS) is 11.8. The molecule has 0 atom stereocenters. The molecule has 0 unspecified atom stereocenters. The van der Waals surface area contributed by atoms with E-state index >= 15 is 0 Å². The third kappa shape index (κ3) is 6.60. The molecule has 0 fully saturated rings. The second-order valence-corrected chi connectivity index (χ2v) is 20.4. The Kier molecular flexibility index (Phi) is 9.55. The second kappa shape index (κ2) is 16.7. The third-order valence-electron chi connectivity index (χ3n) is 15.5. The largest absolute Gasteiger partial charge is 0.135 e. The molecule has 0 N–H and O–H groups in total. The van der Waals surface area contributed by atoms with Gasteiger partial charge in [0.15, 0.2) is 0 Å². The van der Waals surface area contributed by atoms with Crippen LogP contribution in [0, 0.1) is 0 Å². The van der Waals surface area contributed by atoms with Gasteiger partial charge in [-0.25, -0.2) is 0 Å². The lowest BCUT2D eigenvalue weighted by atomic mass is 9.85. The molecule has 15 rings (SSSR count). The highest BCUT2D eigenvalue weighted by Crippen LogP contribution is 2.50. The van der Waals surface area contributed by atoms with E-state index in [-0.39, 0.29) is 0 Å². The third-order valence-corrected chi connectivity index (χ3v) is 16.7. The zero-order valence-electron chi connectivity index (χ0n) is 39.8. The van der Waals surface area contributed by atoms with E-state index in [0.717, 1.165) is 0 Å². The van der Waals surface area contributed by atoms with Crippen LogP contribution in [-0.4, -0.2) is 0 Å². The van der Waals surface area contributed by atoms with Gasteiger partial charge in [-0.2, -0.15) is 0 Å². The number of rotatable bonds is 6. The van der Waals surface area contributed by atoms with Gasteiger partial charge in [0.1, 0.15) is 0 Å². The fourth-order valence-corrected chi connectivity index (χ4v) is 13.5. The van der Waals surface area contributed by atoms with Gasteiger partial charge in [-0.3, -0.25) is 0 Å². The fraction of sp³-hybridized carbons (Fsp3) is 0. The van der Waals surface area contributed by atoms with Gasteiger partial charge in [-0.1, -0.05) is 261 Å². The summed E-state index contributed by atoms with van der Waals surface area (Å²) in [5.41, 5.74) is 15.0. The highest BCUT2D eigenvalue weighted by molar-refractivity contribution is 7.26. The number of hydrogen-bond acceptors (Lipinski definition) is 1. The average Bonchev–Trinajstić information content (AvgIpc) is 3.84. The van der Waals surface area contributed by atoms with E-state index in [1.807, 2.05) is 11.3 Å². The number of benzene rings is 14. The van der Waals surface area contributed by atoms with Crippen molar-refractivity contribution in [2.75, 3.05) is 0 Å². The molecule has 73 heavy (non-hydrogen) atoms. The van der Waals surface area contributed by atoms with Crippen molar-refractivity contribution in [3.63, 3.8) is 0 Å². The summed E-state index contributed by atoms with van der Waals surface area (Å²) in [5.74, 6) is 0. The van der Waals surface area contributed by atoms with Crippen LogP contribution in [0.15, 0.2) is 267 Å². The predicted molar refractivity (Wildman–Crippen MR) is 317 cm³/mol. The van der Waals surface area contributed by atoms with Gasteiger partial charge in [-0.05, 0) is 132 Å². The molecule has 0 amide bonds. The van der Waals surface area contributed by atoms with Crippen LogP contribution in [0.4, 0.5) is 0 Å². The van der Waals surface area contributed by atoms with Crippen LogP contribution >= 0.6 is 11.3 Å². The molecule has 0 aliphatic rings. The van der Waals surface area contributed by atoms with Crippen molar-refractivity contribution in [2.45, 2.75) is 0 Å². The maximum Gasteiger partial charge on any atom is 0.0434 e. The predicted octanol–water partition coefficient (Wildman–Crippen LogP) is 21.0. The molecule has 0 saturated heterocycles. The van der Waals surface area contributed by atoms with Crippen LogP contribution in [-0.2, 0) is 0 Å². The zero-order chi connectivity index (χ0) is 48.0. The molecule has 0 nitrogen and oxygen atoms in total. The first kappa shape index (κ1) is 41.6. The first-order valence-electron chi connectivity index (χ1n) is 25.2. The molecule has 0 spiro atoms. The van der Waals surface area contributed by atoms with Gasteiger partial charge in [-0.15, -0.1) is 11.3 Å². The van der Waals surface area contributed by atoms with Crippen LogP contribution in [0.1, 0.15) is 0 Å². The highest BCUT2D eigenvalue weighted by atomic mass is 32.1. The zero-order valence-corrected chi connectivity index (χ0v) is 40.6. The Morgan fingerprint density at radius 1 is 0.192 bits per heavy atom. The van der Waals surface area contributed by atoms with Gasteiger partial charge in [0.05, 0.1) is 0 Å². The minimum Gasteiger partial charge on any atom is -0.135 e. The summed E-state index contributed by atoms with van der Waals surface area (Å²) in [7, 11) is 0. The maximum atomic E-state index is 2.46. The lowest BCUT2D eigenvalue weighted by molar-refractivity contribution is 1.63. The summed E-state index contributed by atoms with van der Waals surface area (Å²) >= 11 is 1.92. The minimum absolute atomic E-state index is 1.22. The van der Waals surface area contributed by atoms with Crippen molar-refractivity contribution in [3.8, 4) is 66.8 Å². The molecule has 1 aromatic heterocycles. The van der Waals surface area contributed by atoms with E-state index in [9.17, 15) is 0 Å². The Labute approximate surface area is 427 Å². The van der Waals surface area contributed by atoms with Crippen molar-refractivity contribution in [1.82, 2.24) is 0 Å². The van der Waals surface area contributed by atoms with Crippen LogP contribution in [0.25, 0.3) is 152 Å². The van der Waals surface area contributed by atoms with Gasteiger partial charge < -0.3 is 0 Å². The first-order valence-corrected chi connectivity index (χ1v) is 26.1. The van der Waals surface area contributed by atoms with Gasteiger partial charge in [0.2, 0.25) is 0 Å². The van der Waals surface area contributed by atoms with E-state index in [4.69, 9.17) is 0 Å². The summed E-state index contributed by atoms with van der Waals surface area (Å²) in [4.78, 5) is 0. The molecule has 0 aliphatic carbocycles. The summed E-state index contributed by atoms with van der Waals surface area (Å²) in [6.45, 7) is 0. The molecule has 1 heterocycles. The summed E-state index contributed by atoms with van der Waals surface area (Å²) in [6.07, 6.45) is 0. The summed E-state index contributed by atoms with van der Waals surface area (Å²) in [6, 6.07) is 99.2. The molecular formula is C72H44S. The monoisotopic (exact) mass is 940 g/mol. The highest BCUT2D eigenvalue weighted by Gasteiger charge is 2.22. The van der Waals surface area contributed by atoms with Gasteiger partial charge in [0, 0.05) is 25.7 Å². The van der Waals surface area contributed by atoms with Gasteiger partial charge >= 0.3 is 0 Å². The van der Waals surface area contributed by atoms with Crippen molar-refractivity contribution in [1.29, 1.82) is 0 Å². The number of fused-ring (bicyclic) bond motifs is 9. The SMILES string of the molecule is c1ccc2c(-c3ccc(-c4c5ccccc5c(-c5ccc6c(c5)sc5c(-c7c8ccccc8c(-c8ccc(-c9cccc%10ccccc9%10)cc8)c8ccccc78)cccc56)c5ccccc45)cc3)cccc2c1. The Hall–Kier alpha value is -9.14. The fourth-order valence-electron chi connectivity index (χ4n) is 12.2. The number of hydrogen-bond donors (Lipinski definition) is 0. The molecule has 15 aromatic rings. The van der Waals surface area contributed by atoms with Crippen LogP contribution < -0.4 is 0 Å². The maximum absolute atomic E-state index is 2.46. The second-order valence-electron chi connectivity index (χ2n) is 19.4. The molecular weight excluding hydrogens is 897 g/mol. The first-order chi connectivity index (χ1) is 36.2. The summed E-state index contributed by atoms with van der Waals surface area (Å²) in [5, 5.41) is 17.7. The lowest BCUT2D eigenvalue weighted by Crippen LogP contribution is -1.91. The molecule has 0 bridgehead atoms. The van der Waals surface area contributed by atoms with Crippen molar-refractivity contribution in [2.24, 2.45) is 0 Å². The van der Waals surface area contributed by atoms with E-state index in [1.54, 1.807) is 0 Å². The molecule has 0 aliphatic heterocycles. The average molecular weight is 941 g/mol. The molecule has 14 aromatic carbocycles. The van der Waals surface area contributed by atoms with E-state index in [2.05, 4.69) is 267 Å². The van der Waals surface area contributed by atoms with Gasteiger partial charge in [0.25, 0.3) is 0 Å². The van der Waals surface area contributed by atoms with Crippen LogP contribution in [0.3, 0.4) is 0 Å².